The number of hydrogen-bond donors (Lipinski definition) is 1. The first-order chi connectivity index (χ1) is 9.45. The third-order valence-electron chi connectivity index (χ3n) is 3.27. The normalized spacial score (nSPS) is 13.8. The Morgan fingerprint density at radius 1 is 1.05 bits per heavy atom. The van der Waals surface area contributed by atoms with Gasteiger partial charge < -0.3 is 9.84 Å². The monoisotopic (exact) mass is 278 g/mol. The SMILES string of the molecule is COc1ccccc1C(C)(O)Cc1c(F)cccc1F. The Bertz CT molecular complexity index is 589. The first-order valence-corrected chi connectivity index (χ1v) is 6.24. The Labute approximate surface area is 116 Å². The molecule has 1 unspecified atom stereocenters. The lowest BCUT2D eigenvalue weighted by Crippen LogP contribution is -2.26. The molecule has 0 amide bonds. The Hall–Kier alpha value is -1.94. The van der Waals surface area contributed by atoms with Crippen molar-refractivity contribution >= 4 is 0 Å². The number of halogens is 2. The molecular weight excluding hydrogens is 262 g/mol. The number of rotatable bonds is 4. The van der Waals surface area contributed by atoms with Crippen molar-refractivity contribution in [1.29, 1.82) is 0 Å². The molecule has 1 atom stereocenters. The molecular formula is C16H16F2O2. The molecule has 0 saturated carbocycles. The van der Waals surface area contributed by atoms with Gasteiger partial charge in [0.1, 0.15) is 17.4 Å². The summed E-state index contributed by atoms with van der Waals surface area (Å²) < 4.78 is 32.6. The van der Waals surface area contributed by atoms with Crippen LogP contribution in [0.5, 0.6) is 5.75 Å². The summed E-state index contributed by atoms with van der Waals surface area (Å²) in [5.41, 5.74) is -1.08. The molecule has 1 N–H and O–H groups in total. The second-order valence-electron chi connectivity index (χ2n) is 4.85. The summed E-state index contributed by atoms with van der Waals surface area (Å²) in [6, 6.07) is 10.5. The standard InChI is InChI=1S/C16H16F2O2/c1-16(19,12-6-3-4-9-15(12)20-2)10-11-13(17)7-5-8-14(11)18/h3-9,19H,10H2,1-2H3. The molecule has 0 bridgehead atoms. The van der Waals surface area contributed by atoms with Crippen LogP contribution >= 0.6 is 0 Å². The van der Waals surface area contributed by atoms with Gasteiger partial charge in [0.2, 0.25) is 0 Å². The fourth-order valence-electron chi connectivity index (χ4n) is 2.23. The van der Waals surface area contributed by atoms with Gasteiger partial charge >= 0.3 is 0 Å². The molecule has 0 radical (unpaired) electrons. The topological polar surface area (TPSA) is 29.5 Å². The van der Waals surface area contributed by atoms with Gasteiger partial charge in [0.25, 0.3) is 0 Å². The van der Waals surface area contributed by atoms with Crippen molar-refractivity contribution in [1.82, 2.24) is 0 Å². The zero-order valence-electron chi connectivity index (χ0n) is 11.4. The van der Waals surface area contributed by atoms with E-state index in [1.54, 1.807) is 24.3 Å². The van der Waals surface area contributed by atoms with E-state index in [1.165, 1.54) is 32.2 Å². The first-order valence-electron chi connectivity index (χ1n) is 6.24. The highest BCUT2D eigenvalue weighted by Gasteiger charge is 2.29. The summed E-state index contributed by atoms with van der Waals surface area (Å²) in [4.78, 5) is 0. The van der Waals surface area contributed by atoms with E-state index in [2.05, 4.69) is 0 Å². The summed E-state index contributed by atoms with van der Waals surface area (Å²) in [5, 5.41) is 10.6. The number of ether oxygens (including phenoxy) is 1. The maximum Gasteiger partial charge on any atom is 0.129 e. The third kappa shape index (κ3) is 2.80. The largest absolute Gasteiger partial charge is 0.496 e. The summed E-state index contributed by atoms with van der Waals surface area (Å²) in [7, 11) is 1.48. The molecule has 0 saturated heterocycles. The molecule has 2 aromatic carbocycles. The molecule has 0 aliphatic rings. The molecule has 2 nitrogen and oxygen atoms in total. The van der Waals surface area contributed by atoms with Crippen LogP contribution < -0.4 is 4.74 Å². The van der Waals surface area contributed by atoms with Crippen LogP contribution in [-0.4, -0.2) is 12.2 Å². The van der Waals surface area contributed by atoms with E-state index in [0.29, 0.717) is 11.3 Å². The van der Waals surface area contributed by atoms with Gasteiger partial charge in [-0.05, 0) is 25.1 Å². The summed E-state index contributed by atoms with van der Waals surface area (Å²) >= 11 is 0. The van der Waals surface area contributed by atoms with Crippen molar-refractivity contribution < 1.29 is 18.6 Å². The van der Waals surface area contributed by atoms with E-state index in [9.17, 15) is 13.9 Å². The van der Waals surface area contributed by atoms with Crippen LogP contribution in [0.2, 0.25) is 0 Å². The number of hydrogen-bond acceptors (Lipinski definition) is 2. The molecule has 20 heavy (non-hydrogen) atoms. The minimum Gasteiger partial charge on any atom is -0.496 e. The van der Waals surface area contributed by atoms with Crippen molar-refractivity contribution in [3.05, 3.63) is 65.2 Å². The summed E-state index contributed by atoms with van der Waals surface area (Å²) in [6.45, 7) is 1.51. The minimum absolute atomic E-state index is 0.136. The molecule has 4 heteroatoms. The first kappa shape index (κ1) is 14.5. The summed E-state index contributed by atoms with van der Waals surface area (Å²) in [6.07, 6.45) is -0.175. The summed E-state index contributed by atoms with van der Waals surface area (Å²) in [5.74, 6) is -0.852. The molecule has 0 spiro atoms. The van der Waals surface area contributed by atoms with Gasteiger partial charge in [-0.1, -0.05) is 24.3 Å². The molecule has 106 valence electrons. The minimum atomic E-state index is -1.43. The second-order valence-corrected chi connectivity index (χ2v) is 4.85. The molecule has 0 aromatic heterocycles. The molecule has 2 aromatic rings. The van der Waals surface area contributed by atoms with Gasteiger partial charge in [0.05, 0.1) is 12.7 Å². The highest BCUT2D eigenvalue weighted by molar-refractivity contribution is 5.39. The Morgan fingerprint density at radius 2 is 1.65 bits per heavy atom. The molecule has 2 rings (SSSR count). The zero-order valence-corrected chi connectivity index (χ0v) is 11.4. The van der Waals surface area contributed by atoms with Gasteiger partial charge in [-0.3, -0.25) is 0 Å². The van der Waals surface area contributed by atoms with E-state index in [4.69, 9.17) is 4.74 Å². The molecule has 0 heterocycles. The highest BCUT2D eigenvalue weighted by atomic mass is 19.1. The maximum absolute atomic E-state index is 13.7. The molecule has 0 aliphatic heterocycles. The Balaban J connectivity index is 2.41. The van der Waals surface area contributed by atoms with Crippen molar-refractivity contribution in [2.45, 2.75) is 18.9 Å². The predicted octanol–water partition coefficient (Wildman–Crippen LogP) is 3.42. The van der Waals surface area contributed by atoms with Gasteiger partial charge in [-0.25, -0.2) is 8.78 Å². The Kier molecular flexibility index (Phi) is 4.04. The number of benzene rings is 2. The van der Waals surface area contributed by atoms with Gasteiger partial charge in [0.15, 0.2) is 0 Å². The van der Waals surface area contributed by atoms with Gasteiger partial charge in [0, 0.05) is 17.5 Å². The Morgan fingerprint density at radius 3 is 2.25 bits per heavy atom. The smallest absolute Gasteiger partial charge is 0.129 e. The van der Waals surface area contributed by atoms with Crippen molar-refractivity contribution in [3.63, 3.8) is 0 Å². The number of para-hydroxylation sites is 1. The van der Waals surface area contributed by atoms with E-state index >= 15 is 0 Å². The fourth-order valence-corrected chi connectivity index (χ4v) is 2.23. The zero-order chi connectivity index (χ0) is 14.8. The van der Waals surface area contributed by atoms with E-state index < -0.39 is 17.2 Å². The van der Waals surface area contributed by atoms with Crippen LogP contribution in [0.25, 0.3) is 0 Å². The molecule has 0 aliphatic carbocycles. The van der Waals surface area contributed by atoms with Crippen LogP contribution in [0.3, 0.4) is 0 Å². The predicted molar refractivity (Wildman–Crippen MR) is 72.6 cm³/mol. The van der Waals surface area contributed by atoms with Crippen molar-refractivity contribution in [3.8, 4) is 5.75 Å². The van der Waals surface area contributed by atoms with Gasteiger partial charge in [-0.15, -0.1) is 0 Å². The average molecular weight is 278 g/mol. The van der Waals surface area contributed by atoms with Crippen LogP contribution in [0, 0.1) is 11.6 Å². The van der Waals surface area contributed by atoms with Crippen molar-refractivity contribution in [2.75, 3.05) is 7.11 Å². The van der Waals surface area contributed by atoms with Crippen molar-refractivity contribution in [2.24, 2.45) is 0 Å². The quantitative estimate of drug-likeness (QED) is 0.928. The highest BCUT2D eigenvalue weighted by Crippen LogP contribution is 2.33. The van der Waals surface area contributed by atoms with Crippen LogP contribution in [0.15, 0.2) is 42.5 Å². The van der Waals surface area contributed by atoms with E-state index in [-0.39, 0.29) is 12.0 Å². The number of aliphatic hydroxyl groups is 1. The second kappa shape index (κ2) is 5.59. The lowest BCUT2D eigenvalue weighted by Gasteiger charge is -2.26. The lowest BCUT2D eigenvalue weighted by atomic mass is 9.88. The van der Waals surface area contributed by atoms with Gasteiger partial charge in [-0.2, -0.15) is 0 Å². The third-order valence-corrected chi connectivity index (χ3v) is 3.27. The average Bonchev–Trinajstić information content (AvgIpc) is 2.43. The van der Waals surface area contributed by atoms with E-state index in [1.807, 2.05) is 0 Å². The van der Waals surface area contributed by atoms with E-state index in [0.717, 1.165) is 0 Å². The fraction of sp³-hybridized carbons (Fsp3) is 0.250. The maximum atomic E-state index is 13.7. The van der Waals surface area contributed by atoms with Crippen LogP contribution in [-0.2, 0) is 12.0 Å². The van der Waals surface area contributed by atoms with Crippen LogP contribution in [0.1, 0.15) is 18.1 Å². The lowest BCUT2D eigenvalue weighted by molar-refractivity contribution is 0.0530. The number of methoxy groups -OCH3 is 1. The van der Waals surface area contributed by atoms with Crippen LogP contribution in [0.4, 0.5) is 8.78 Å². The molecule has 0 fully saturated rings.